The minimum atomic E-state index is -3.98. The van der Waals surface area contributed by atoms with Gasteiger partial charge in [0.2, 0.25) is 10.0 Å². The highest BCUT2D eigenvalue weighted by atomic mass is 32.2. The summed E-state index contributed by atoms with van der Waals surface area (Å²) in [5.74, 6) is -2.43. The SMILES string of the molecule is COC(=O)C[C@H](NS(=O)(=O)Cc1cc(C)on1)C(=O)O. The van der Waals surface area contributed by atoms with E-state index in [1.165, 1.54) is 6.07 Å². The first-order valence-electron chi connectivity index (χ1n) is 5.45. The van der Waals surface area contributed by atoms with Crippen molar-refractivity contribution >= 4 is 22.0 Å². The summed E-state index contributed by atoms with van der Waals surface area (Å²) in [6, 6.07) is -0.185. The molecular weight excluding hydrogens is 292 g/mol. The van der Waals surface area contributed by atoms with Crippen molar-refractivity contribution in [2.75, 3.05) is 7.11 Å². The van der Waals surface area contributed by atoms with Crippen LogP contribution in [0.2, 0.25) is 0 Å². The maximum Gasteiger partial charge on any atom is 0.322 e. The molecular formula is C10H14N2O7S. The van der Waals surface area contributed by atoms with Gasteiger partial charge in [0.1, 0.15) is 23.2 Å². The molecule has 0 radical (unpaired) electrons. The number of hydrogen-bond donors (Lipinski definition) is 2. The van der Waals surface area contributed by atoms with Gasteiger partial charge in [0, 0.05) is 6.07 Å². The van der Waals surface area contributed by atoms with E-state index in [0.29, 0.717) is 5.76 Å². The number of rotatable bonds is 7. The molecule has 0 spiro atoms. The first-order chi connectivity index (χ1) is 9.23. The van der Waals surface area contributed by atoms with E-state index in [2.05, 4.69) is 9.89 Å². The smallest absolute Gasteiger partial charge is 0.322 e. The second-order valence-electron chi connectivity index (χ2n) is 3.98. The van der Waals surface area contributed by atoms with E-state index in [9.17, 15) is 18.0 Å². The molecule has 20 heavy (non-hydrogen) atoms. The highest BCUT2D eigenvalue weighted by molar-refractivity contribution is 7.88. The number of esters is 1. The summed E-state index contributed by atoms with van der Waals surface area (Å²) < 4.78 is 34.5. The van der Waals surface area contributed by atoms with Crippen molar-refractivity contribution in [2.45, 2.75) is 25.1 Å². The molecule has 1 heterocycles. The van der Waals surface area contributed by atoms with Gasteiger partial charge in [-0.1, -0.05) is 5.16 Å². The molecule has 1 atom stereocenters. The molecule has 0 aliphatic heterocycles. The van der Waals surface area contributed by atoms with Crippen molar-refractivity contribution in [1.29, 1.82) is 0 Å². The normalized spacial score (nSPS) is 12.9. The number of aryl methyl sites for hydroxylation is 1. The Kier molecular flexibility index (Phi) is 5.22. The van der Waals surface area contributed by atoms with Crippen molar-refractivity contribution in [3.8, 4) is 0 Å². The average Bonchev–Trinajstić information content (AvgIpc) is 2.72. The fourth-order valence-electron chi connectivity index (χ4n) is 1.37. The number of carbonyl (C=O) groups excluding carboxylic acids is 1. The molecule has 10 heteroatoms. The fourth-order valence-corrected chi connectivity index (χ4v) is 2.59. The number of aliphatic carboxylic acids is 1. The summed E-state index contributed by atoms with van der Waals surface area (Å²) >= 11 is 0. The monoisotopic (exact) mass is 306 g/mol. The van der Waals surface area contributed by atoms with Gasteiger partial charge < -0.3 is 14.4 Å². The van der Waals surface area contributed by atoms with Gasteiger partial charge >= 0.3 is 11.9 Å². The number of carbonyl (C=O) groups is 2. The van der Waals surface area contributed by atoms with Gasteiger partial charge in [-0.3, -0.25) is 9.59 Å². The first kappa shape index (κ1) is 16.1. The summed E-state index contributed by atoms with van der Waals surface area (Å²) in [6.45, 7) is 1.59. The minimum Gasteiger partial charge on any atom is -0.480 e. The van der Waals surface area contributed by atoms with Crippen LogP contribution in [0.1, 0.15) is 17.9 Å². The number of aromatic nitrogens is 1. The molecule has 1 rings (SSSR count). The summed E-state index contributed by atoms with van der Waals surface area (Å²) in [6.07, 6.45) is -0.608. The van der Waals surface area contributed by atoms with E-state index in [-0.39, 0.29) is 5.69 Å². The fraction of sp³-hybridized carbons (Fsp3) is 0.500. The van der Waals surface area contributed by atoms with Crippen LogP contribution >= 0.6 is 0 Å². The van der Waals surface area contributed by atoms with Gasteiger partial charge in [-0.05, 0) is 6.92 Å². The minimum absolute atomic E-state index is 0.136. The summed E-state index contributed by atoms with van der Waals surface area (Å²) in [7, 11) is -2.90. The molecule has 0 aliphatic carbocycles. The molecule has 0 bridgehead atoms. The Labute approximate surface area is 114 Å². The van der Waals surface area contributed by atoms with Crippen molar-refractivity contribution in [3.63, 3.8) is 0 Å². The number of carboxylic acid groups (broad SMARTS) is 1. The lowest BCUT2D eigenvalue weighted by Crippen LogP contribution is -2.42. The molecule has 0 aromatic carbocycles. The summed E-state index contributed by atoms with van der Waals surface area (Å²) in [4.78, 5) is 21.9. The van der Waals surface area contributed by atoms with Gasteiger partial charge in [-0.2, -0.15) is 4.72 Å². The van der Waals surface area contributed by atoms with E-state index in [4.69, 9.17) is 9.63 Å². The molecule has 2 N–H and O–H groups in total. The van der Waals surface area contributed by atoms with E-state index in [1.807, 2.05) is 4.72 Å². The predicted octanol–water partition coefficient (Wildman–Crippen LogP) is -0.581. The standard InChI is InChI=1S/C10H14N2O7S/c1-6-3-7(11-19-6)5-20(16,17)12-8(10(14)15)4-9(13)18-2/h3,8,12H,4-5H2,1-2H3,(H,14,15)/t8-/m0/s1. The number of carboxylic acids is 1. The van der Waals surface area contributed by atoms with E-state index in [1.54, 1.807) is 6.92 Å². The lowest BCUT2D eigenvalue weighted by molar-refractivity contribution is -0.147. The van der Waals surface area contributed by atoms with Gasteiger partial charge in [0.05, 0.1) is 13.5 Å². The van der Waals surface area contributed by atoms with E-state index in [0.717, 1.165) is 7.11 Å². The number of ether oxygens (including phenoxy) is 1. The Hall–Kier alpha value is -1.94. The molecule has 1 aromatic heterocycles. The third-order valence-electron chi connectivity index (χ3n) is 2.23. The van der Waals surface area contributed by atoms with Gasteiger partial charge in [-0.25, -0.2) is 8.42 Å². The molecule has 0 fully saturated rings. The molecule has 0 saturated carbocycles. The number of sulfonamides is 1. The van der Waals surface area contributed by atoms with Crippen LogP contribution in [-0.4, -0.2) is 43.8 Å². The van der Waals surface area contributed by atoms with Gasteiger partial charge in [0.25, 0.3) is 0 Å². The van der Waals surface area contributed by atoms with Gasteiger partial charge in [0.15, 0.2) is 0 Å². The highest BCUT2D eigenvalue weighted by Crippen LogP contribution is 2.07. The lowest BCUT2D eigenvalue weighted by Gasteiger charge is -2.12. The highest BCUT2D eigenvalue weighted by Gasteiger charge is 2.27. The number of hydrogen-bond acceptors (Lipinski definition) is 7. The van der Waals surface area contributed by atoms with Crippen LogP contribution in [0.4, 0.5) is 0 Å². The third-order valence-corrected chi connectivity index (χ3v) is 3.55. The summed E-state index contributed by atoms with van der Waals surface area (Å²) in [5, 5.41) is 12.4. The second kappa shape index (κ2) is 6.48. The van der Waals surface area contributed by atoms with Crippen LogP contribution in [0, 0.1) is 6.92 Å². The molecule has 1 aromatic rings. The first-order valence-corrected chi connectivity index (χ1v) is 7.10. The quantitative estimate of drug-likeness (QED) is 0.638. The average molecular weight is 306 g/mol. The molecule has 112 valence electrons. The number of nitrogens with zero attached hydrogens (tertiary/aromatic N) is 1. The van der Waals surface area contributed by atoms with E-state index >= 15 is 0 Å². The molecule has 0 amide bonds. The molecule has 0 unspecified atom stereocenters. The zero-order valence-corrected chi connectivity index (χ0v) is 11.6. The molecule has 0 aliphatic rings. The van der Waals surface area contributed by atoms with Gasteiger partial charge in [-0.15, -0.1) is 0 Å². The predicted molar refractivity (Wildman–Crippen MR) is 65.1 cm³/mol. The van der Waals surface area contributed by atoms with Crippen LogP contribution in [0.5, 0.6) is 0 Å². The Morgan fingerprint density at radius 3 is 2.65 bits per heavy atom. The van der Waals surface area contributed by atoms with Crippen molar-refractivity contribution in [1.82, 2.24) is 9.88 Å². The maximum absolute atomic E-state index is 11.8. The van der Waals surface area contributed by atoms with Crippen LogP contribution in [-0.2, 0) is 30.1 Å². The number of methoxy groups -OCH3 is 1. The Morgan fingerprint density at radius 2 is 2.20 bits per heavy atom. The molecule has 0 saturated heterocycles. The van der Waals surface area contributed by atoms with Crippen LogP contribution < -0.4 is 4.72 Å². The van der Waals surface area contributed by atoms with Crippen molar-refractivity contribution < 1.29 is 32.4 Å². The maximum atomic E-state index is 11.8. The Bertz CT molecular complexity index is 593. The molecule has 9 nitrogen and oxygen atoms in total. The largest absolute Gasteiger partial charge is 0.480 e. The lowest BCUT2D eigenvalue weighted by atomic mass is 10.2. The van der Waals surface area contributed by atoms with Crippen LogP contribution in [0.15, 0.2) is 10.6 Å². The Balaban J connectivity index is 2.75. The van der Waals surface area contributed by atoms with Crippen LogP contribution in [0.25, 0.3) is 0 Å². The van der Waals surface area contributed by atoms with Crippen LogP contribution in [0.3, 0.4) is 0 Å². The number of nitrogens with one attached hydrogen (secondary N) is 1. The zero-order valence-electron chi connectivity index (χ0n) is 10.8. The Morgan fingerprint density at radius 1 is 1.55 bits per heavy atom. The zero-order chi connectivity index (χ0) is 15.3. The van der Waals surface area contributed by atoms with E-state index < -0.39 is 40.2 Å². The second-order valence-corrected chi connectivity index (χ2v) is 5.73. The third kappa shape index (κ3) is 4.97. The topological polar surface area (TPSA) is 136 Å². The van der Waals surface area contributed by atoms with Crippen molar-refractivity contribution in [3.05, 3.63) is 17.5 Å². The summed E-state index contributed by atoms with van der Waals surface area (Å²) in [5.41, 5.74) is 0.136. The van der Waals surface area contributed by atoms with Crippen molar-refractivity contribution in [2.24, 2.45) is 0 Å².